The van der Waals surface area contributed by atoms with E-state index in [2.05, 4.69) is 16.0 Å². The standard InChI is InChI=1S/C11H23N3O3/c1-4-9(2)13-7-11(16)14-8-10(15)12-5-6-17-3/h9,13H,4-8H2,1-3H3,(H,12,15)(H,14,16). The van der Waals surface area contributed by atoms with Gasteiger partial charge in [0.25, 0.3) is 0 Å². The van der Waals surface area contributed by atoms with E-state index in [0.29, 0.717) is 19.2 Å². The van der Waals surface area contributed by atoms with Gasteiger partial charge in [0, 0.05) is 19.7 Å². The van der Waals surface area contributed by atoms with Gasteiger partial charge in [-0.15, -0.1) is 0 Å². The maximum Gasteiger partial charge on any atom is 0.239 e. The van der Waals surface area contributed by atoms with Crippen molar-refractivity contribution < 1.29 is 14.3 Å². The average molecular weight is 245 g/mol. The number of methoxy groups -OCH3 is 1. The van der Waals surface area contributed by atoms with Gasteiger partial charge in [0.05, 0.1) is 19.7 Å². The Morgan fingerprint density at radius 1 is 1.18 bits per heavy atom. The maximum atomic E-state index is 11.3. The van der Waals surface area contributed by atoms with Gasteiger partial charge in [0.2, 0.25) is 11.8 Å². The fourth-order valence-electron chi connectivity index (χ4n) is 1.01. The van der Waals surface area contributed by atoms with Gasteiger partial charge in [-0.25, -0.2) is 0 Å². The lowest BCUT2D eigenvalue weighted by molar-refractivity contribution is -0.125. The molecule has 6 heteroatoms. The summed E-state index contributed by atoms with van der Waals surface area (Å²) in [6.45, 7) is 5.21. The number of hydrogen-bond donors (Lipinski definition) is 3. The van der Waals surface area contributed by atoms with Crippen LogP contribution < -0.4 is 16.0 Å². The third kappa shape index (κ3) is 9.77. The van der Waals surface area contributed by atoms with Gasteiger partial charge >= 0.3 is 0 Å². The van der Waals surface area contributed by atoms with Crippen LogP contribution >= 0.6 is 0 Å². The minimum atomic E-state index is -0.209. The molecular formula is C11H23N3O3. The molecule has 1 unspecified atom stereocenters. The molecule has 0 aliphatic rings. The summed E-state index contributed by atoms with van der Waals surface area (Å²) in [5.74, 6) is -0.383. The molecule has 1 atom stereocenters. The summed E-state index contributed by atoms with van der Waals surface area (Å²) in [5, 5.41) is 8.19. The van der Waals surface area contributed by atoms with Gasteiger partial charge in [-0.1, -0.05) is 6.92 Å². The van der Waals surface area contributed by atoms with Crippen molar-refractivity contribution in [3.8, 4) is 0 Å². The minimum absolute atomic E-state index is 0.00470. The second-order valence-electron chi connectivity index (χ2n) is 3.81. The summed E-state index contributed by atoms with van der Waals surface area (Å²) in [6, 6.07) is 0.302. The predicted octanol–water partition coefficient (Wildman–Crippen LogP) is -0.747. The molecule has 0 bridgehead atoms. The minimum Gasteiger partial charge on any atom is -0.383 e. The normalized spacial score (nSPS) is 11.9. The molecule has 0 spiro atoms. The highest BCUT2D eigenvalue weighted by Crippen LogP contribution is 1.85. The molecule has 0 heterocycles. The van der Waals surface area contributed by atoms with E-state index in [0.717, 1.165) is 6.42 Å². The van der Waals surface area contributed by atoms with Gasteiger partial charge in [-0.05, 0) is 13.3 Å². The number of carbonyl (C=O) groups is 2. The number of ether oxygens (including phenoxy) is 1. The Hall–Kier alpha value is -1.14. The average Bonchev–Trinajstić information content (AvgIpc) is 2.33. The van der Waals surface area contributed by atoms with Crippen molar-refractivity contribution in [3.05, 3.63) is 0 Å². The molecule has 0 aromatic heterocycles. The molecule has 3 N–H and O–H groups in total. The summed E-state index contributed by atoms with van der Waals surface area (Å²) < 4.78 is 4.78. The van der Waals surface area contributed by atoms with Crippen LogP contribution in [0.1, 0.15) is 20.3 Å². The van der Waals surface area contributed by atoms with E-state index < -0.39 is 0 Å². The van der Waals surface area contributed by atoms with Crippen LogP contribution in [0.2, 0.25) is 0 Å². The largest absolute Gasteiger partial charge is 0.383 e. The van der Waals surface area contributed by atoms with Crippen molar-refractivity contribution in [3.63, 3.8) is 0 Å². The van der Waals surface area contributed by atoms with Crippen molar-refractivity contribution in [1.29, 1.82) is 0 Å². The van der Waals surface area contributed by atoms with Crippen molar-refractivity contribution in [2.24, 2.45) is 0 Å². The van der Waals surface area contributed by atoms with Crippen LogP contribution in [-0.2, 0) is 14.3 Å². The fraction of sp³-hybridized carbons (Fsp3) is 0.818. The highest BCUT2D eigenvalue weighted by molar-refractivity contribution is 5.85. The van der Waals surface area contributed by atoms with Crippen LogP contribution in [0, 0.1) is 0 Å². The van der Waals surface area contributed by atoms with Crippen molar-refractivity contribution >= 4 is 11.8 Å². The highest BCUT2D eigenvalue weighted by atomic mass is 16.5. The molecule has 0 radical (unpaired) electrons. The molecule has 0 aliphatic heterocycles. The molecule has 0 saturated heterocycles. The zero-order chi connectivity index (χ0) is 13.1. The Bertz CT molecular complexity index is 234. The van der Waals surface area contributed by atoms with Crippen LogP contribution in [0.25, 0.3) is 0 Å². The van der Waals surface area contributed by atoms with Crippen LogP contribution in [0.15, 0.2) is 0 Å². The number of carbonyl (C=O) groups excluding carboxylic acids is 2. The Labute approximate surface area is 102 Å². The topological polar surface area (TPSA) is 79.5 Å². The summed E-state index contributed by atoms with van der Waals surface area (Å²) in [4.78, 5) is 22.5. The fourth-order valence-corrected chi connectivity index (χ4v) is 1.01. The Balaban J connectivity index is 3.52. The van der Waals surface area contributed by atoms with Crippen molar-refractivity contribution in [2.45, 2.75) is 26.3 Å². The number of nitrogens with one attached hydrogen (secondary N) is 3. The lowest BCUT2D eigenvalue weighted by Crippen LogP contribution is -2.42. The maximum absolute atomic E-state index is 11.3. The third-order valence-corrected chi connectivity index (χ3v) is 2.30. The summed E-state index contributed by atoms with van der Waals surface area (Å²) >= 11 is 0. The van der Waals surface area contributed by atoms with Gasteiger partial charge in [0.15, 0.2) is 0 Å². The first-order chi connectivity index (χ1) is 8.10. The van der Waals surface area contributed by atoms with Crippen LogP contribution in [0.3, 0.4) is 0 Å². The number of amides is 2. The molecule has 0 aromatic carbocycles. The van der Waals surface area contributed by atoms with Crippen molar-refractivity contribution in [2.75, 3.05) is 33.4 Å². The van der Waals surface area contributed by atoms with Gasteiger partial charge in [-0.2, -0.15) is 0 Å². The summed E-state index contributed by atoms with van der Waals surface area (Å²) in [7, 11) is 1.56. The Kier molecular flexibility index (Phi) is 9.37. The van der Waals surface area contributed by atoms with E-state index in [4.69, 9.17) is 4.74 Å². The van der Waals surface area contributed by atoms with E-state index in [1.807, 2.05) is 13.8 Å². The quantitative estimate of drug-likeness (QED) is 0.467. The molecule has 6 nitrogen and oxygen atoms in total. The Morgan fingerprint density at radius 2 is 1.82 bits per heavy atom. The smallest absolute Gasteiger partial charge is 0.239 e. The van der Waals surface area contributed by atoms with Crippen LogP contribution in [-0.4, -0.2) is 51.2 Å². The molecule has 0 aliphatic carbocycles. The lowest BCUT2D eigenvalue weighted by atomic mass is 10.2. The van der Waals surface area contributed by atoms with Crippen molar-refractivity contribution in [1.82, 2.24) is 16.0 Å². The molecule has 0 saturated carbocycles. The van der Waals surface area contributed by atoms with E-state index >= 15 is 0 Å². The van der Waals surface area contributed by atoms with E-state index in [1.54, 1.807) is 7.11 Å². The number of rotatable bonds is 9. The lowest BCUT2D eigenvalue weighted by Gasteiger charge is -2.11. The van der Waals surface area contributed by atoms with E-state index in [-0.39, 0.29) is 24.9 Å². The second-order valence-corrected chi connectivity index (χ2v) is 3.81. The summed E-state index contributed by atoms with van der Waals surface area (Å²) in [6.07, 6.45) is 0.963. The van der Waals surface area contributed by atoms with Gasteiger partial charge < -0.3 is 20.7 Å². The third-order valence-electron chi connectivity index (χ3n) is 2.30. The predicted molar refractivity (Wildman–Crippen MR) is 65.7 cm³/mol. The summed E-state index contributed by atoms with van der Waals surface area (Å²) in [5.41, 5.74) is 0. The highest BCUT2D eigenvalue weighted by Gasteiger charge is 2.06. The van der Waals surface area contributed by atoms with Gasteiger partial charge in [-0.3, -0.25) is 9.59 Å². The number of hydrogen-bond acceptors (Lipinski definition) is 4. The molecular weight excluding hydrogens is 222 g/mol. The first kappa shape index (κ1) is 15.9. The van der Waals surface area contributed by atoms with Crippen LogP contribution in [0.5, 0.6) is 0 Å². The SMILES string of the molecule is CCC(C)NCC(=O)NCC(=O)NCCOC. The monoisotopic (exact) mass is 245 g/mol. The van der Waals surface area contributed by atoms with Gasteiger partial charge in [0.1, 0.15) is 0 Å². The Morgan fingerprint density at radius 3 is 2.41 bits per heavy atom. The zero-order valence-corrected chi connectivity index (χ0v) is 10.8. The second kappa shape index (κ2) is 10.0. The molecule has 0 rings (SSSR count). The van der Waals surface area contributed by atoms with Crippen LogP contribution in [0.4, 0.5) is 0 Å². The van der Waals surface area contributed by atoms with E-state index in [1.165, 1.54) is 0 Å². The molecule has 2 amide bonds. The molecule has 0 fully saturated rings. The first-order valence-electron chi connectivity index (χ1n) is 5.85. The van der Waals surface area contributed by atoms with E-state index in [9.17, 15) is 9.59 Å². The molecule has 17 heavy (non-hydrogen) atoms. The first-order valence-corrected chi connectivity index (χ1v) is 5.85. The molecule has 100 valence electrons. The zero-order valence-electron chi connectivity index (χ0n) is 10.8. The molecule has 0 aromatic rings.